The number of benzene rings is 1. The van der Waals surface area contributed by atoms with Gasteiger partial charge in [0.2, 0.25) is 5.91 Å². The van der Waals surface area contributed by atoms with Crippen molar-refractivity contribution in [1.82, 2.24) is 10.2 Å². The van der Waals surface area contributed by atoms with E-state index in [1.807, 2.05) is 26.0 Å². The van der Waals surface area contributed by atoms with Crippen LogP contribution in [0.3, 0.4) is 0 Å². The van der Waals surface area contributed by atoms with Crippen LogP contribution in [-0.2, 0) is 4.79 Å². The van der Waals surface area contributed by atoms with Crippen LogP contribution in [0.5, 0.6) is 0 Å². The zero-order chi connectivity index (χ0) is 18.3. The molecule has 0 bridgehead atoms. The van der Waals surface area contributed by atoms with Crippen LogP contribution < -0.4 is 16.0 Å². The van der Waals surface area contributed by atoms with Crippen LogP contribution in [0.25, 0.3) is 0 Å². The van der Waals surface area contributed by atoms with Gasteiger partial charge in [0, 0.05) is 51.5 Å². The van der Waals surface area contributed by atoms with E-state index in [-0.39, 0.29) is 48.9 Å². The van der Waals surface area contributed by atoms with Gasteiger partial charge in [-0.1, -0.05) is 13.8 Å². The highest BCUT2D eigenvalue weighted by Gasteiger charge is 2.33. The molecule has 0 radical (unpaired) electrons. The van der Waals surface area contributed by atoms with Crippen molar-refractivity contribution in [3.05, 3.63) is 30.1 Å². The van der Waals surface area contributed by atoms with Crippen molar-refractivity contribution >= 4 is 48.8 Å². The molecule has 0 saturated carbocycles. The summed E-state index contributed by atoms with van der Waals surface area (Å²) in [6.45, 7) is 9.63. The monoisotopic (exact) mass is 458 g/mol. The molecular weight excluding hydrogens is 426 g/mol. The number of nitrogens with two attached hydrogens (primary N) is 1. The topological polar surface area (TPSA) is 61.6 Å². The lowest BCUT2D eigenvalue weighted by Crippen LogP contribution is -2.50. The van der Waals surface area contributed by atoms with Crippen LogP contribution in [-0.4, -0.2) is 56.6 Å². The second-order valence-corrected chi connectivity index (χ2v) is 6.75. The maximum atomic E-state index is 13.0. The number of amides is 1. The third-order valence-electron chi connectivity index (χ3n) is 5.50. The highest BCUT2D eigenvalue weighted by Crippen LogP contribution is 2.24. The summed E-state index contributed by atoms with van der Waals surface area (Å²) in [5, 5.41) is 3.06. The Bertz CT molecular complexity index is 542. The molecule has 0 aliphatic carbocycles. The maximum absolute atomic E-state index is 13.0. The first-order chi connectivity index (χ1) is 12.0. The molecule has 5 nitrogen and oxygen atoms in total. The number of hydrogen-bond donors (Lipinski definition) is 2. The summed E-state index contributed by atoms with van der Waals surface area (Å²) in [6, 6.07) is 6.66. The predicted molar refractivity (Wildman–Crippen MR) is 122 cm³/mol. The number of anilines is 1. The molecule has 1 aromatic rings. The standard InChI is InChI=1S/C19H31FN4O.3ClH/c1-3-19(4-2,15-21)18(25)22-9-10-23-11-13-24(14-12-23)17-7-5-16(20)6-8-17;;;/h5-8H,3-4,9-15,21H2,1-2H3,(H,22,25);3*1H. The first-order valence-electron chi connectivity index (χ1n) is 9.26. The molecule has 0 spiro atoms. The lowest BCUT2D eigenvalue weighted by Gasteiger charge is -2.36. The molecule has 0 atom stereocenters. The fourth-order valence-corrected chi connectivity index (χ4v) is 3.35. The maximum Gasteiger partial charge on any atom is 0.227 e. The number of piperazine rings is 1. The molecule has 28 heavy (non-hydrogen) atoms. The van der Waals surface area contributed by atoms with Crippen LogP contribution in [0.15, 0.2) is 24.3 Å². The molecule has 9 heteroatoms. The van der Waals surface area contributed by atoms with E-state index < -0.39 is 5.41 Å². The van der Waals surface area contributed by atoms with Gasteiger partial charge in [-0.2, -0.15) is 0 Å². The molecule has 1 amide bonds. The molecular formula is C19H34Cl3FN4O. The Morgan fingerprint density at radius 2 is 1.61 bits per heavy atom. The van der Waals surface area contributed by atoms with Gasteiger partial charge in [0.25, 0.3) is 0 Å². The molecule has 1 heterocycles. The highest BCUT2D eigenvalue weighted by molar-refractivity contribution is 5.86. The number of rotatable bonds is 8. The zero-order valence-electron chi connectivity index (χ0n) is 16.7. The first kappa shape index (κ1) is 29.4. The molecule has 3 N–H and O–H groups in total. The minimum absolute atomic E-state index is 0. The second-order valence-electron chi connectivity index (χ2n) is 6.75. The average molecular weight is 460 g/mol. The molecule has 0 unspecified atom stereocenters. The largest absolute Gasteiger partial charge is 0.369 e. The Labute approximate surface area is 186 Å². The van der Waals surface area contributed by atoms with E-state index >= 15 is 0 Å². The zero-order valence-corrected chi connectivity index (χ0v) is 19.1. The van der Waals surface area contributed by atoms with E-state index in [4.69, 9.17) is 5.73 Å². The molecule has 1 aromatic carbocycles. The van der Waals surface area contributed by atoms with Gasteiger partial charge < -0.3 is 16.0 Å². The lowest BCUT2D eigenvalue weighted by molar-refractivity contribution is -0.131. The predicted octanol–water partition coefficient (Wildman–Crippen LogP) is 3.09. The number of carbonyl (C=O) groups excluding carboxylic acids is 1. The van der Waals surface area contributed by atoms with Crippen molar-refractivity contribution in [2.24, 2.45) is 11.1 Å². The minimum Gasteiger partial charge on any atom is -0.369 e. The van der Waals surface area contributed by atoms with Crippen LogP contribution in [0, 0.1) is 11.2 Å². The van der Waals surface area contributed by atoms with Gasteiger partial charge in [-0.25, -0.2) is 4.39 Å². The summed E-state index contributed by atoms with van der Waals surface area (Å²) in [5.41, 5.74) is 6.46. The average Bonchev–Trinajstić information content (AvgIpc) is 2.65. The van der Waals surface area contributed by atoms with Gasteiger partial charge in [-0.15, -0.1) is 37.2 Å². The molecule has 0 aromatic heterocycles. The number of halogens is 4. The minimum atomic E-state index is -0.429. The number of carbonyl (C=O) groups is 1. The van der Waals surface area contributed by atoms with Crippen molar-refractivity contribution in [3.8, 4) is 0 Å². The second kappa shape index (κ2) is 14.2. The van der Waals surface area contributed by atoms with Gasteiger partial charge in [0.15, 0.2) is 0 Å². The Hall–Kier alpha value is -0.790. The van der Waals surface area contributed by atoms with Gasteiger partial charge in [-0.3, -0.25) is 9.69 Å². The van der Waals surface area contributed by atoms with Crippen molar-refractivity contribution < 1.29 is 9.18 Å². The van der Waals surface area contributed by atoms with Crippen molar-refractivity contribution in [3.63, 3.8) is 0 Å². The Morgan fingerprint density at radius 3 is 2.07 bits per heavy atom. The van der Waals surface area contributed by atoms with E-state index in [0.717, 1.165) is 51.3 Å². The Morgan fingerprint density at radius 1 is 1.07 bits per heavy atom. The Kier molecular flexibility index (Phi) is 15.0. The molecule has 164 valence electrons. The Balaban J connectivity index is 0. The lowest BCUT2D eigenvalue weighted by atomic mass is 9.81. The molecule has 1 saturated heterocycles. The normalized spacial score (nSPS) is 14.4. The van der Waals surface area contributed by atoms with Gasteiger partial charge in [0.05, 0.1) is 5.41 Å². The van der Waals surface area contributed by atoms with E-state index in [1.54, 1.807) is 0 Å². The van der Waals surface area contributed by atoms with Crippen molar-refractivity contribution in [2.75, 3.05) is 50.7 Å². The first-order valence-corrected chi connectivity index (χ1v) is 9.26. The van der Waals surface area contributed by atoms with E-state index in [0.29, 0.717) is 13.1 Å². The summed E-state index contributed by atoms with van der Waals surface area (Å²) >= 11 is 0. The number of hydrogen-bond acceptors (Lipinski definition) is 4. The SMILES string of the molecule is CCC(CC)(CN)C(=O)NCCN1CCN(c2ccc(F)cc2)CC1.Cl.Cl.Cl. The van der Waals surface area contributed by atoms with Crippen LogP contribution in [0.4, 0.5) is 10.1 Å². The van der Waals surface area contributed by atoms with Gasteiger partial charge >= 0.3 is 0 Å². The third-order valence-corrected chi connectivity index (χ3v) is 5.50. The number of nitrogens with zero attached hydrogens (tertiary/aromatic N) is 2. The molecule has 2 rings (SSSR count). The quantitative estimate of drug-likeness (QED) is 0.627. The van der Waals surface area contributed by atoms with E-state index in [9.17, 15) is 9.18 Å². The highest BCUT2D eigenvalue weighted by atomic mass is 35.5. The van der Waals surface area contributed by atoms with Crippen molar-refractivity contribution in [1.29, 1.82) is 0 Å². The van der Waals surface area contributed by atoms with Crippen LogP contribution in [0.2, 0.25) is 0 Å². The van der Waals surface area contributed by atoms with Gasteiger partial charge in [0.1, 0.15) is 5.82 Å². The number of nitrogens with one attached hydrogen (secondary N) is 1. The smallest absolute Gasteiger partial charge is 0.227 e. The summed E-state index contributed by atoms with van der Waals surface area (Å²) in [4.78, 5) is 17.0. The summed E-state index contributed by atoms with van der Waals surface area (Å²) in [6.07, 6.45) is 1.53. The van der Waals surface area contributed by atoms with E-state index in [1.165, 1.54) is 12.1 Å². The fourth-order valence-electron chi connectivity index (χ4n) is 3.35. The van der Waals surface area contributed by atoms with Crippen LogP contribution >= 0.6 is 37.2 Å². The fraction of sp³-hybridized carbons (Fsp3) is 0.632. The van der Waals surface area contributed by atoms with Crippen LogP contribution in [0.1, 0.15) is 26.7 Å². The van der Waals surface area contributed by atoms with Gasteiger partial charge in [-0.05, 0) is 37.1 Å². The molecule has 1 fully saturated rings. The third kappa shape index (κ3) is 7.56. The van der Waals surface area contributed by atoms with E-state index in [2.05, 4.69) is 15.1 Å². The molecule has 1 aliphatic heterocycles. The molecule has 1 aliphatic rings. The summed E-state index contributed by atoms with van der Waals surface area (Å²) in [7, 11) is 0. The van der Waals surface area contributed by atoms with Crippen molar-refractivity contribution in [2.45, 2.75) is 26.7 Å². The summed E-state index contributed by atoms with van der Waals surface area (Å²) < 4.78 is 13.0. The summed E-state index contributed by atoms with van der Waals surface area (Å²) in [5.74, 6) is -0.129.